The average molecular weight is 999 g/mol. The van der Waals surface area contributed by atoms with Gasteiger partial charge in [0.15, 0.2) is 0 Å². The molecule has 1 amide bonds. The van der Waals surface area contributed by atoms with Crippen molar-refractivity contribution >= 4 is 13.7 Å². The number of phosphoric ester groups is 1. The highest BCUT2D eigenvalue weighted by molar-refractivity contribution is 7.47. The summed E-state index contributed by atoms with van der Waals surface area (Å²) in [6, 6.07) is -0.842. The number of unbranched alkanes of at least 4 members (excludes halogenated alkanes) is 44. The molecule has 0 saturated carbocycles. The topological polar surface area (TPSA) is 105 Å². The zero-order chi connectivity index (χ0) is 50.6. The van der Waals surface area contributed by atoms with E-state index in [0.717, 1.165) is 32.1 Å². The van der Waals surface area contributed by atoms with E-state index < -0.39 is 20.0 Å². The van der Waals surface area contributed by atoms with Crippen molar-refractivity contribution in [2.45, 2.75) is 328 Å². The van der Waals surface area contributed by atoms with Crippen LogP contribution in [0.5, 0.6) is 0 Å². The third kappa shape index (κ3) is 54.8. The Morgan fingerprint density at radius 1 is 0.478 bits per heavy atom. The average Bonchev–Trinajstić information content (AvgIpc) is 3.31. The Labute approximate surface area is 431 Å². The van der Waals surface area contributed by atoms with Gasteiger partial charge in [0, 0.05) is 6.42 Å². The van der Waals surface area contributed by atoms with E-state index in [-0.39, 0.29) is 19.1 Å². The standard InChI is InChI=1S/C60H121N2O6P/c1-6-8-10-12-14-16-18-20-22-24-26-27-28-29-30-31-32-33-34-36-38-40-42-44-46-48-50-52-54-60(64)61-58(57-68-69(65,66)67-56-55-62(3,4)5)59(63)53-51-49-47-45-43-41-39-37-35-25-23-21-19-17-15-13-11-9-7-2/h51,53,58-59,63H,6-50,52,54-57H2,1-5H3,(H-,61,64,65,66)/p+1/b53-51+. The van der Waals surface area contributed by atoms with Crippen molar-refractivity contribution in [1.29, 1.82) is 0 Å². The van der Waals surface area contributed by atoms with Crippen LogP contribution in [-0.2, 0) is 18.4 Å². The van der Waals surface area contributed by atoms with E-state index in [2.05, 4.69) is 19.2 Å². The number of carbonyl (C=O) groups is 1. The first kappa shape index (κ1) is 68.2. The Bertz CT molecular complexity index is 1130. The maximum absolute atomic E-state index is 13.0. The van der Waals surface area contributed by atoms with E-state index in [1.807, 2.05) is 27.2 Å². The second-order valence-electron chi connectivity index (χ2n) is 22.4. The lowest BCUT2D eigenvalue weighted by molar-refractivity contribution is -0.870. The van der Waals surface area contributed by atoms with Crippen LogP contribution in [0.3, 0.4) is 0 Å². The minimum atomic E-state index is -4.34. The quantitative estimate of drug-likeness (QED) is 0.0243. The van der Waals surface area contributed by atoms with Crippen molar-refractivity contribution in [2.24, 2.45) is 0 Å². The molecule has 412 valence electrons. The molecule has 0 heterocycles. The molecule has 0 aromatic heterocycles. The molecule has 0 rings (SSSR count). The zero-order valence-corrected chi connectivity index (χ0v) is 48.0. The molecule has 3 N–H and O–H groups in total. The van der Waals surface area contributed by atoms with Crippen molar-refractivity contribution < 1.29 is 32.9 Å². The third-order valence-electron chi connectivity index (χ3n) is 14.3. The second-order valence-corrected chi connectivity index (χ2v) is 23.9. The summed E-state index contributed by atoms with van der Waals surface area (Å²) in [5, 5.41) is 14.0. The van der Waals surface area contributed by atoms with Gasteiger partial charge in [-0.2, -0.15) is 0 Å². The smallest absolute Gasteiger partial charge is 0.387 e. The van der Waals surface area contributed by atoms with Gasteiger partial charge in [0.1, 0.15) is 13.2 Å². The molecule has 0 aromatic rings. The van der Waals surface area contributed by atoms with Crippen LogP contribution >= 0.6 is 7.82 Å². The molecule has 9 heteroatoms. The Morgan fingerprint density at radius 2 is 0.768 bits per heavy atom. The van der Waals surface area contributed by atoms with E-state index in [9.17, 15) is 19.4 Å². The van der Waals surface area contributed by atoms with Crippen molar-refractivity contribution in [1.82, 2.24) is 5.32 Å². The summed E-state index contributed by atoms with van der Waals surface area (Å²) in [6.07, 6.45) is 64.7. The normalized spacial score (nSPS) is 13.9. The summed E-state index contributed by atoms with van der Waals surface area (Å²) in [7, 11) is 1.59. The van der Waals surface area contributed by atoms with Gasteiger partial charge in [-0.1, -0.05) is 302 Å². The van der Waals surface area contributed by atoms with Gasteiger partial charge in [-0.15, -0.1) is 0 Å². The number of phosphoric acid groups is 1. The number of allylic oxidation sites excluding steroid dienone is 1. The van der Waals surface area contributed by atoms with Gasteiger partial charge in [0.05, 0.1) is 39.9 Å². The van der Waals surface area contributed by atoms with Crippen LogP contribution < -0.4 is 5.32 Å². The van der Waals surface area contributed by atoms with E-state index in [0.29, 0.717) is 17.4 Å². The van der Waals surface area contributed by atoms with E-state index in [4.69, 9.17) is 9.05 Å². The van der Waals surface area contributed by atoms with Crippen LogP contribution in [0.1, 0.15) is 316 Å². The SMILES string of the molecule is CCCCCCCCCCCCCCCCCCC/C=C/C(O)C(COP(=O)(O)OCC[N+](C)(C)C)NC(=O)CCCCCCCCCCCCCCCCCCCCCCCCCCCCCC. The molecule has 0 radical (unpaired) electrons. The first-order valence-electron chi connectivity index (χ1n) is 30.6. The molecule has 0 spiro atoms. The molecular weight excluding hydrogens is 876 g/mol. The Hall–Kier alpha value is -0.760. The maximum atomic E-state index is 13.0. The largest absolute Gasteiger partial charge is 0.472 e. The number of aliphatic hydroxyl groups excluding tert-OH is 1. The Balaban J connectivity index is 4.09. The van der Waals surface area contributed by atoms with Gasteiger partial charge in [0.2, 0.25) is 5.91 Å². The molecule has 3 unspecified atom stereocenters. The van der Waals surface area contributed by atoms with Crippen molar-refractivity contribution in [3.8, 4) is 0 Å². The van der Waals surface area contributed by atoms with Crippen molar-refractivity contribution in [2.75, 3.05) is 40.9 Å². The van der Waals surface area contributed by atoms with E-state index in [1.165, 1.54) is 263 Å². The highest BCUT2D eigenvalue weighted by Crippen LogP contribution is 2.43. The van der Waals surface area contributed by atoms with Gasteiger partial charge in [-0.25, -0.2) is 4.57 Å². The first-order valence-corrected chi connectivity index (χ1v) is 32.1. The third-order valence-corrected chi connectivity index (χ3v) is 15.2. The number of quaternary nitrogens is 1. The molecular formula is C60H122N2O6P+. The van der Waals surface area contributed by atoms with Gasteiger partial charge in [-0.3, -0.25) is 13.8 Å². The van der Waals surface area contributed by atoms with Gasteiger partial charge >= 0.3 is 7.82 Å². The molecule has 0 bridgehead atoms. The van der Waals surface area contributed by atoms with E-state index >= 15 is 0 Å². The van der Waals surface area contributed by atoms with Crippen molar-refractivity contribution in [3.05, 3.63) is 12.2 Å². The molecule has 0 aliphatic carbocycles. The molecule has 3 atom stereocenters. The second kappa shape index (κ2) is 52.1. The zero-order valence-electron chi connectivity index (χ0n) is 47.1. The number of carbonyl (C=O) groups excluding carboxylic acids is 1. The summed E-state index contributed by atoms with van der Waals surface area (Å²) >= 11 is 0. The fraction of sp³-hybridized carbons (Fsp3) is 0.950. The minimum absolute atomic E-state index is 0.0652. The van der Waals surface area contributed by atoms with Crippen molar-refractivity contribution in [3.63, 3.8) is 0 Å². The first-order chi connectivity index (χ1) is 33.5. The molecule has 0 aliphatic rings. The Kier molecular flexibility index (Phi) is 51.5. The lowest BCUT2D eigenvalue weighted by atomic mass is 10.0. The number of likely N-dealkylation sites (N-methyl/N-ethyl adjacent to an activating group) is 1. The van der Waals surface area contributed by atoms with Crippen LogP contribution in [-0.4, -0.2) is 73.4 Å². The number of nitrogens with one attached hydrogen (secondary N) is 1. The monoisotopic (exact) mass is 998 g/mol. The fourth-order valence-electron chi connectivity index (χ4n) is 9.46. The summed E-state index contributed by atoms with van der Waals surface area (Å²) < 4.78 is 23.7. The van der Waals surface area contributed by atoms with Crippen LogP contribution in [0, 0.1) is 0 Å². The fourth-order valence-corrected chi connectivity index (χ4v) is 10.2. The molecule has 69 heavy (non-hydrogen) atoms. The molecule has 8 nitrogen and oxygen atoms in total. The number of rotatable bonds is 57. The highest BCUT2D eigenvalue weighted by Gasteiger charge is 2.27. The van der Waals surface area contributed by atoms with Crippen LogP contribution in [0.25, 0.3) is 0 Å². The lowest BCUT2D eigenvalue weighted by Gasteiger charge is -2.25. The van der Waals surface area contributed by atoms with Gasteiger partial charge in [0.25, 0.3) is 0 Å². The van der Waals surface area contributed by atoms with Gasteiger partial charge < -0.3 is 19.8 Å². The summed E-state index contributed by atoms with van der Waals surface area (Å²) in [6.45, 7) is 4.87. The van der Waals surface area contributed by atoms with Crippen LogP contribution in [0.15, 0.2) is 12.2 Å². The molecule has 0 saturated heterocycles. The highest BCUT2D eigenvalue weighted by atomic mass is 31.2. The summed E-state index contributed by atoms with van der Waals surface area (Å²) in [5.74, 6) is -0.169. The number of amides is 1. The number of aliphatic hydroxyl groups is 1. The molecule has 0 aromatic carbocycles. The van der Waals surface area contributed by atoms with Gasteiger partial charge in [-0.05, 0) is 19.3 Å². The number of hydrogen-bond acceptors (Lipinski definition) is 5. The predicted molar refractivity (Wildman–Crippen MR) is 300 cm³/mol. The number of hydrogen-bond donors (Lipinski definition) is 3. The molecule has 0 aliphatic heterocycles. The van der Waals surface area contributed by atoms with E-state index in [1.54, 1.807) is 6.08 Å². The summed E-state index contributed by atoms with van der Waals surface area (Å²) in [4.78, 5) is 23.3. The maximum Gasteiger partial charge on any atom is 0.472 e. The predicted octanol–water partition coefficient (Wildman–Crippen LogP) is 18.6. The Morgan fingerprint density at radius 3 is 1.07 bits per heavy atom. The summed E-state index contributed by atoms with van der Waals surface area (Å²) in [5.41, 5.74) is 0. The van der Waals surface area contributed by atoms with Crippen LogP contribution in [0.2, 0.25) is 0 Å². The van der Waals surface area contributed by atoms with Crippen LogP contribution in [0.4, 0.5) is 0 Å². The molecule has 0 fully saturated rings. The number of nitrogens with zero attached hydrogens (tertiary/aromatic N) is 1. The minimum Gasteiger partial charge on any atom is -0.387 e. The lowest BCUT2D eigenvalue weighted by Crippen LogP contribution is -2.45.